The number of aromatic hydroxyl groups is 1. The van der Waals surface area contributed by atoms with E-state index in [1.807, 2.05) is 6.20 Å². The van der Waals surface area contributed by atoms with Crippen LogP contribution in [-0.2, 0) is 42.7 Å². The van der Waals surface area contributed by atoms with Gasteiger partial charge in [0.05, 0.1) is 27.9 Å². The molecule has 0 aliphatic rings. The number of phenolic OH excluding ortho intramolecular Hbond substituents is 1. The van der Waals surface area contributed by atoms with Crippen molar-refractivity contribution in [1.29, 1.82) is 0 Å². The molecule has 5 nitrogen and oxygen atoms in total. The van der Waals surface area contributed by atoms with E-state index < -0.39 is 0 Å². The van der Waals surface area contributed by atoms with Crippen LogP contribution in [0.2, 0.25) is 0 Å². The van der Waals surface area contributed by atoms with Gasteiger partial charge < -0.3 is 9.52 Å². The fraction of sp³-hybridized carbons (Fsp3) is 0.258. The second-order valence-electron chi connectivity index (χ2n) is 22.5. The summed E-state index contributed by atoms with van der Waals surface area (Å²) in [5.74, 6) is 0.895. The summed E-state index contributed by atoms with van der Waals surface area (Å²) in [6.07, 6.45) is 1.98. The molecule has 0 aliphatic carbocycles. The number of pyridine rings is 1. The van der Waals surface area contributed by atoms with Gasteiger partial charge in [-0.2, -0.15) is 0 Å². The number of phenols is 1. The molecule has 0 aliphatic heterocycles. The second kappa shape index (κ2) is 16.7. The smallest absolute Gasteiger partial charge is 0.148 e. The van der Waals surface area contributed by atoms with Crippen molar-refractivity contribution >= 4 is 43.7 Å². The average molecular weight is 1070 g/mol. The van der Waals surface area contributed by atoms with E-state index in [0.29, 0.717) is 11.4 Å². The first kappa shape index (κ1) is 46.8. The Kier molecular flexibility index (Phi) is 11.5. The first-order chi connectivity index (χ1) is 31.7. The number of hydrogen-bond acceptors (Lipinski definition) is 4. The zero-order valence-electron chi connectivity index (χ0n) is 41.3. The van der Waals surface area contributed by atoms with Gasteiger partial charge in [-0.05, 0) is 84.3 Å². The standard InChI is InChI=1S/C62H60N3O2.Pt/c1-59(2,3)40-27-30-51(46(33-40)37-19-14-13-15-20-37)65-52-24-18-23-44(55(52)64-58(65)48-34-42(61(7,8)9)35-49(56(48)66)62(10,11)12)47-31-39(50-29-26-41(36-63-50)60(4,5)6)32-53-54(47)45-28-25-38-21-16-17-22-43(38)57(45)67-53;/h13-30,32-36,66H,1-12H3;/q-1;. The van der Waals surface area contributed by atoms with E-state index in [9.17, 15) is 5.11 Å². The third-order valence-electron chi connectivity index (χ3n) is 13.5. The molecule has 0 atom stereocenters. The zero-order valence-corrected chi connectivity index (χ0v) is 43.6. The quantitative estimate of drug-likeness (QED) is 0.174. The van der Waals surface area contributed by atoms with Gasteiger partial charge >= 0.3 is 0 Å². The predicted octanol–water partition coefficient (Wildman–Crippen LogP) is 16.8. The van der Waals surface area contributed by atoms with E-state index in [0.717, 1.165) is 99.6 Å². The number of imidazole rings is 1. The largest absolute Gasteiger partial charge is 0.507 e. The molecule has 0 radical (unpaired) electrons. The third-order valence-corrected chi connectivity index (χ3v) is 13.5. The second-order valence-corrected chi connectivity index (χ2v) is 22.5. The van der Waals surface area contributed by atoms with Crippen molar-refractivity contribution < 1.29 is 30.6 Å². The summed E-state index contributed by atoms with van der Waals surface area (Å²) < 4.78 is 9.22. The van der Waals surface area contributed by atoms with Gasteiger partial charge in [-0.1, -0.05) is 203 Å². The summed E-state index contributed by atoms with van der Waals surface area (Å²) in [5.41, 5.74) is 14.2. The molecule has 346 valence electrons. The van der Waals surface area contributed by atoms with Gasteiger partial charge in [0.15, 0.2) is 0 Å². The first-order valence-corrected chi connectivity index (χ1v) is 23.5. The maximum Gasteiger partial charge on any atom is 0.148 e. The number of aromatic nitrogens is 3. The van der Waals surface area contributed by atoms with Gasteiger partial charge in [0.1, 0.15) is 17.2 Å². The Bertz CT molecular complexity index is 3550. The van der Waals surface area contributed by atoms with Crippen LogP contribution in [0.1, 0.15) is 105 Å². The van der Waals surface area contributed by atoms with Gasteiger partial charge in [0, 0.05) is 49.5 Å². The molecule has 7 aromatic carbocycles. The maximum atomic E-state index is 12.7. The van der Waals surface area contributed by atoms with Crippen LogP contribution in [0.4, 0.5) is 0 Å². The molecule has 10 aromatic rings. The molecule has 0 saturated heterocycles. The maximum absolute atomic E-state index is 12.7. The Morgan fingerprint density at radius 2 is 1.25 bits per heavy atom. The molecule has 6 heteroatoms. The van der Waals surface area contributed by atoms with Gasteiger partial charge in [-0.15, -0.1) is 11.6 Å². The zero-order chi connectivity index (χ0) is 47.4. The molecule has 68 heavy (non-hydrogen) atoms. The molecule has 0 saturated carbocycles. The van der Waals surface area contributed by atoms with E-state index in [2.05, 4.69) is 227 Å². The van der Waals surface area contributed by atoms with Crippen LogP contribution in [0.15, 0.2) is 144 Å². The summed E-state index contributed by atoms with van der Waals surface area (Å²) in [4.78, 5) is 10.8. The Morgan fingerprint density at radius 3 is 1.93 bits per heavy atom. The third kappa shape index (κ3) is 8.17. The summed E-state index contributed by atoms with van der Waals surface area (Å²) in [7, 11) is 0. The normalized spacial score (nSPS) is 12.6. The fourth-order valence-electron chi connectivity index (χ4n) is 9.49. The number of nitrogens with zero attached hydrogens (tertiary/aromatic N) is 3. The summed E-state index contributed by atoms with van der Waals surface area (Å²) in [6, 6.07) is 51.2. The minimum absolute atomic E-state index is 0. The van der Waals surface area contributed by atoms with Crippen LogP contribution in [0.3, 0.4) is 0 Å². The minimum atomic E-state index is -0.349. The summed E-state index contributed by atoms with van der Waals surface area (Å²) in [5, 5.41) is 16.8. The van der Waals surface area contributed by atoms with Crippen LogP contribution in [0, 0.1) is 6.07 Å². The van der Waals surface area contributed by atoms with Crippen molar-refractivity contribution in [2.45, 2.75) is 105 Å². The number of fused-ring (bicyclic) bond motifs is 6. The molecule has 0 unspecified atom stereocenters. The van der Waals surface area contributed by atoms with Gasteiger partial charge in [0.2, 0.25) is 0 Å². The molecule has 0 amide bonds. The van der Waals surface area contributed by atoms with Gasteiger partial charge in [-0.3, -0.25) is 9.55 Å². The molecule has 0 spiro atoms. The molecule has 1 N–H and O–H groups in total. The number of para-hydroxylation sites is 1. The Labute approximate surface area is 415 Å². The van der Waals surface area contributed by atoms with Crippen molar-refractivity contribution in [2.75, 3.05) is 0 Å². The Balaban J connectivity index is 0.00000578. The summed E-state index contributed by atoms with van der Waals surface area (Å²) >= 11 is 0. The predicted molar refractivity (Wildman–Crippen MR) is 281 cm³/mol. The molecule has 3 aromatic heterocycles. The SMILES string of the molecule is CC(C)(C)c1ccc(-c2[c-]c(-c3cccc4c3nc(-c3cc(C(C)(C)C)cc(C(C)(C)C)c3O)n4-c3ccc(C(C)(C)C)cc3-c3ccccc3)c3c(c2)oc2c4ccccc4ccc23)nc1.[Pt]. The number of benzene rings is 7. The first-order valence-electron chi connectivity index (χ1n) is 23.5. The molecule has 3 heterocycles. The van der Waals surface area contributed by atoms with E-state index >= 15 is 0 Å². The van der Waals surface area contributed by atoms with E-state index in [1.165, 1.54) is 5.56 Å². The molecule has 0 fully saturated rings. The molecule has 0 bridgehead atoms. The topological polar surface area (TPSA) is 64.1 Å². The summed E-state index contributed by atoms with van der Waals surface area (Å²) in [6.45, 7) is 26.6. The van der Waals surface area contributed by atoms with Crippen molar-refractivity contribution in [1.82, 2.24) is 14.5 Å². The van der Waals surface area contributed by atoms with E-state index in [1.54, 1.807) is 0 Å². The van der Waals surface area contributed by atoms with Crippen molar-refractivity contribution in [3.05, 3.63) is 168 Å². The van der Waals surface area contributed by atoms with Crippen LogP contribution in [0.5, 0.6) is 5.75 Å². The van der Waals surface area contributed by atoms with Crippen LogP contribution >= 0.6 is 0 Å². The van der Waals surface area contributed by atoms with Crippen molar-refractivity contribution in [2.24, 2.45) is 0 Å². The minimum Gasteiger partial charge on any atom is -0.507 e. The van der Waals surface area contributed by atoms with E-state index in [-0.39, 0.29) is 48.5 Å². The molecule has 10 rings (SSSR count). The van der Waals surface area contributed by atoms with E-state index in [4.69, 9.17) is 14.4 Å². The van der Waals surface area contributed by atoms with Crippen LogP contribution < -0.4 is 0 Å². The number of rotatable bonds is 5. The molecular weight excluding hydrogens is 1010 g/mol. The monoisotopic (exact) mass is 1070 g/mol. The van der Waals surface area contributed by atoms with Crippen molar-refractivity contribution in [3.8, 4) is 56.3 Å². The average Bonchev–Trinajstić information content (AvgIpc) is 3.87. The number of furan rings is 1. The Hall–Kier alpha value is -6.29. The fourth-order valence-corrected chi connectivity index (χ4v) is 9.49. The van der Waals surface area contributed by atoms with Crippen molar-refractivity contribution in [3.63, 3.8) is 0 Å². The Morgan fingerprint density at radius 1 is 0.574 bits per heavy atom. The number of hydrogen-bond donors (Lipinski definition) is 1. The van der Waals surface area contributed by atoms with Crippen LogP contribution in [0.25, 0.3) is 94.3 Å². The van der Waals surface area contributed by atoms with Gasteiger partial charge in [0.25, 0.3) is 0 Å². The molecular formula is C62H60N3O2Pt-. The van der Waals surface area contributed by atoms with Gasteiger partial charge in [-0.25, -0.2) is 4.98 Å². The van der Waals surface area contributed by atoms with Crippen LogP contribution in [-0.4, -0.2) is 19.6 Å².